The zero-order chi connectivity index (χ0) is 7.84. The summed E-state index contributed by atoms with van der Waals surface area (Å²) in [5.74, 6) is 0. The number of nitrogens with zero attached hydrogens (tertiary/aromatic N) is 1. The van der Waals surface area contributed by atoms with E-state index in [1.165, 1.54) is 4.31 Å². The third-order valence-electron chi connectivity index (χ3n) is 2.01. The minimum absolute atomic E-state index is 0.0154. The second-order valence-corrected chi connectivity index (χ2v) is 3.73. The molecule has 2 aliphatic carbocycles. The van der Waals surface area contributed by atoms with Crippen molar-refractivity contribution in [1.82, 2.24) is 9.62 Å². The highest BCUT2D eigenvalue weighted by Crippen LogP contribution is 2.29. The van der Waals surface area contributed by atoms with Crippen LogP contribution >= 0.6 is 12.8 Å². The first kappa shape index (κ1) is 7.28. The third kappa shape index (κ3) is 1.80. The Labute approximate surface area is 71.7 Å². The van der Waals surface area contributed by atoms with E-state index in [9.17, 15) is 4.79 Å². The van der Waals surface area contributed by atoms with Crippen molar-refractivity contribution < 1.29 is 4.79 Å². The topological polar surface area (TPSA) is 32.3 Å². The van der Waals surface area contributed by atoms with Crippen LogP contribution in [0, 0.1) is 0 Å². The van der Waals surface area contributed by atoms with E-state index in [2.05, 4.69) is 18.1 Å². The van der Waals surface area contributed by atoms with Gasteiger partial charge in [0.1, 0.15) is 0 Å². The van der Waals surface area contributed by atoms with Gasteiger partial charge < -0.3 is 5.32 Å². The molecule has 0 radical (unpaired) electrons. The molecule has 11 heavy (non-hydrogen) atoms. The number of carbonyl (C=O) groups is 1. The van der Waals surface area contributed by atoms with Crippen molar-refractivity contribution in [3.8, 4) is 0 Å². The molecular formula is C7H12N2OS. The van der Waals surface area contributed by atoms with Gasteiger partial charge in [-0.15, -0.1) is 0 Å². The monoisotopic (exact) mass is 172 g/mol. The Hall–Kier alpha value is -0.380. The van der Waals surface area contributed by atoms with Gasteiger partial charge >= 0.3 is 6.03 Å². The lowest BCUT2D eigenvalue weighted by Gasteiger charge is -2.14. The van der Waals surface area contributed by atoms with Crippen molar-refractivity contribution in [1.29, 1.82) is 0 Å². The van der Waals surface area contributed by atoms with Crippen molar-refractivity contribution in [3.05, 3.63) is 0 Å². The van der Waals surface area contributed by atoms with Gasteiger partial charge in [0, 0.05) is 12.1 Å². The molecule has 62 valence electrons. The van der Waals surface area contributed by atoms with Crippen LogP contribution < -0.4 is 5.32 Å². The maximum atomic E-state index is 11.2. The van der Waals surface area contributed by atoms with Crippen molar-refractivity contribution in [2.45, 2.75) is 37.8 Å². The number of rotatable bonds is 2. The second kappa shape index (κ2) is 2.59. The van der Waals surface area contributed by atoms with Gasteiger partial charge in [0.25, 0.3) is 0 Å². The number of amides is 2. The SMILES string of the molecule is O=C(NC1CC1)N(S)C1CC1. The van der Waals surface area contributed by atoms with Crippen LogP contribution in [0.3, 0.4) is 0 Å². The minimum atomic E-state index is -0.0154. The number of hydrogen-bond acceptors (Lipinski definition) is 2. The van der Waals surface area contributed by atoms with E-state index in [4.69, 9.17) is 0 Å². The molecule has 1 N–H and O–H groups in total. The summed E-state index contributed by atoms with van der Waals surface area (Å²) in [6.07, 6.45) is 4.50. The fourth-order valence-corrected chi connectivity index (χ4v) is 1.24. The Morgan fingerprint density at radius 2 is 2.00 bits per heavy atom. The molecule has 2 rings (SSSR count). The molecule has 0 spiro atoms. The molecule has 0 atom stereocenters. The van der Waals surface area contributed by atoms with Gasteiger partial charge in [0.2, 0.25) is 0 Å². The molecule has 3 nitrogen and oxygen atoms in total. The zero-order valence-corrected chi connectivity index (χ0v) is 7.18. The summed E-state index contributed by atoms with van der Waals surface area (Å²) < 4.78 is 1.53. The molecule has 4 heteroatoms. The lowest BCUT2D eigenvalue weighted by molar-refractivity contribution is 0.225. The van der Waals surface area contributed by atoms with E-state index < -0.39 is 0 Å². The molecule has 0 unspecified atom stereocenters. The van der Waals surface area contributed by atoms with E-state index in [0.717, 1.165) is 25.7 Å². The van der Waals surface area contributed by atoms with Crippen LogP contribution in [0.1, 0.15) is 25.7 Å². The van der Waals surface area contributed by atoms with Gasteiger partial charge in [-0.2, -0.15) is 0 Å². The van der Waals surface area contributed by atoms with Gasteiger partial charge in [-0.05, 0) is 25.7 Å². The highest BCUT2D eigenvalue weighted by molar-refractivity contribution is 7.78. The maximum Gasteiger partial charge on any atom is 0.327 e. The molecule has 0 aromatic heterocycles. The molecule has 2 fully saturated rings. The molecule has 0 aliphatic heterocycles. The number of thiol groups is 1. The summed E-state index contributed by atoms with van der Waals surface area (Å²) in [5.41, 5.74) is 0. The van der Waals surface area contributed by atoms with Crippen LogP contribution in [0.4, 0.5) is 4.79 Å². The average molecular weight is 172 g/mol. The van der Waals surface area contributed by atoms with Crippen molar-refractivity contribution >= 4 is 18.8 Å². The first-order valence-electron chi connectivity index (χ1n) is 4.06. The lowest BCUT2D eigenvalue weighted by Crippen LogP contribution is -2.36. The summed E-state index contributed by atoms with van der Waals surface area (Å²) in [5, 5.41) is 2.89. The smallest absolute Gasteiger partial charge is 0.327 e. The normalized spacial score (nSPS) is 23.0. The summed E-state index contributed by atoms with van der Waals surface area (Å²) in [6, 6.07) is 0.825. The molecule has 0 aromatic rings. The standard InChI is InChI=1S/C7H12N2OS/c10-7(8-5-1-2-5)9(11)6-3-4-6/h5-6,11H,1-4H2,(H,8,10). The van der Waals surface area contributed by atoms with E-state index in [1.54, 1.807) is 0 Å². The molecule has 2 aliphatic rings. The Morgan fingerprint density at radius 3 is 2.45 bits per heavy atom. The quantitative estimate of drug-likeness (QED) is 0.602. The largest absolute Gasteiger partial charge is 0.335 e. The summed E-state index contributed by atoms with van der Waals surface area (Å²) in [6.45, 7) is 0. The van der Waals surface area contributed by atoms with Gasteiger partial charge in [-0.25, -0.2) is 4.79 Å². The predicted molar refractivity (Wildman–Crippen MR) is 45.4 cm³/mol. The molecule has 2 saturated carbocycles. The Morgan fingerprint density at radius 1 is 1.36 bits per heavy atom. The molecule has 0 bridgehead atoms. The lowest BCUT2D eigenvalue weighted by atomic mass is 10.6. The fraction of sp³-hybridized carbons (Fsp3) is 0.857. The van der Waals surface area contributed by atoms with Crippen LogP contribution in [0.2, 0.25) is 0 Å². The van der Waals surface area contributed by atoms with Crippen LogP contribution in [0.25, 0.3) is 0 Å². The molecule has 0 aromatic carbocycles. The van der Waals surface area contributed by atoms with Crippen molar-refractivity contribution in [2.24, 2.45) is 0 Å². The molecular weight excluding hydrogens is 160 g/mol. The van der Waals surface area contributed by atoms with Crippen LogP contribution in [0.5, 0.6) is 0 Å². The molecule has 2 amide bonds. The van der Waals surface area contributed by atoms with Crippen LogP contribution in [-0.2, 0) is 0 Å². The van der Waals surface area contributed by atoms with Crippen LogP contribution in [-0.4, -0.2) is 22.4 Å². The van der Waals surface area contributed by atoms with Crippen LogP contribution in [0.15, 0.2) is 0 Å². The first-order valence-corrected chi connectivity index (χ1v) is 4.46. The van der Waals surface area contributed by atoms with E-state index >= 15 is 0 Å². The van der Waals surface area contributed by atoms with E-state index in [-0.39, 0.29) is 6.03 Å². The highest BCUT2D eigenvalue weighted by atomic mass is 32.1. The molecule has 0 heterocycles. The second-order valence-electron chi connectivity index (χ2n) is 3.30. The number of nitrogens with one attached hydrogen (secondary N) is 1. The van der Waals surface area contributed by atoms with Gasteiger partial charge in [0.15, 0.2) is 0 Å². The third-order valence-corrected chi connectivity index (χ3v) is 2.51. The average Bonchev–Trinajstić information content (AvgIpc) is 2.81. The van der Waals surface area contributed by atoms with Gasteiger partial charge in [0.05, 0.1) is 0 Å². The van der Waals surface area contributed by atoms with Gasteiger partial charge in [-0.3, -0.25) is 4.31 Å². The predicted octanol–water partition coefficient (Wildman–Crippen LogP) is 1.17. The first-order chi connectivity index (χ1) is 5.27. The number of hydrogen-bond donors (Lipinski definition) is 2. The number of carbonyl (C=O) groups excluding carboxylic acids is 1. The Balaban J connectivity index is 1.77. The summed E-state index contributed by atoms with van der Waals surface area (Å²) >= 11 is 4.11. The maximum absolute atomic E-state index is 11.2. The number of urea groups is 1. The summed E-state index contributed by atoms with van der Waals surface area (Å²) in [7, 11) is 0. The zero-order valence-electron chi connectivity index (χ0n) is 6.29. The fourth-order valence-electron chi connectivity index (χ4n) is 0.953. The highest BCUT2D eigenvalue weighted by Gasteiger charge is 2.33. The Kier molecular flexibility index (Phi) is 1.71. The van der Waals surface area contributed by atoms with Crippen molar-refractivity contribution in [2.75, 3.05) is 0 Å². The summed E-state index contributed by atoms with van der Waals surface area (Å²) in [4.78, 5) is 11.2. The Bertz CT molecular complexity index is 177. The van der Waals surface area contributed by atoms with E-state index in [0.29, 0.717) is 12.1 Å². The molecule has 0 saturated heterocycles. The van der Waals surface area contributed by atoms with Crippen molar-refractivity contribution in [3.63, 3.8) is 0 Å². The van der Waals surface area contributed by atoms with E-state index in [1.807, 2.05) is 0 Å². The minimum Gasteiger partial charge on any atom is -0.335 e. The van der Waals surface area contributed by atoms with Gasteiger partial charge in [-0.1, -0.05) is 12.8 Å².